The van der Waals surface area contributed by atoms with Crippen molar-refractivity contribution in [2.24, 2.45) is 5.11 Å². The van der Waals surface area contributed by atoms with Crippen molar-refractivity contribution in [3.63, 3.8) is 0 Å². The van der Waals surface area contributed by atoms with Gasteiger partial charge in [0.2, 0.25) is 0 Å². The molecular weight excluding hydrogens is 150 g/mol. The number of anilines is 1. The molecule has 1 aromatic carbocycles. The van der Waals surface area contributed by atoms with E-state index in [2.05, 4.69) is 5.11 Å². The molecule has 0 heterocycles. The van der Waals surface area contributed by atoms with Gasteiger partial charge in [-0.25, -0.2) is 5.53 Å². The van der Waals surface area contributed by atoms with Gasteiger partial charge in [0.05, 0.1) is 5.69 Å². The van der Waals surface area contributed by atoms with Crippen LogP contribution in [-0.4, -0.2) is 0 Å². The molecule has 0 aliphatic carbocycles. The monoisotopic (exact) mass is 165 g/mol. The summed E-state index contributed by atoms with van der Waals surface area (Å²) in [5.74, 6) is 0. The third kappa shape index (κ3) is 2.70. The van der Waals surface area contributed by atoms with E-state index in [4.69, 9.17) is 11.3 Å². The van der Waals surface area contributed by atoms with Crippen molar-refractivity contribution in [1.29, 1.82) is 5.53 Å². The Bertz CT molecular complexity index is 256. The molecule has 0 fully saturated rings. The standard InChI is InChI=1S/C7H9N3.C2H6/c1-5-2-3-7(10-9)6(8)4-5;1-2/h2-4,9H,8H2,1H3;1-2H3. The fraction of sp³-hybridized carbons (Fsp3) is 0.333. The summed E-state index contributed by atoms with van der Waals surface area (Å²) in [5.41, 5.74) is 14.4. The van der Waals surface area contributed by atoms with Crippen LogP contribution in [0.5, 0.6) is 0 Å². The zero-order valence-electron chi connectivity index (χ0n) is 7.76. The van der Waals surface area contributed by atoms with Crippen LogP contribution in [0.25, 0.3) is 0 Å². The molecule has 66 valence electrons. The first-order valence-corrected chi connectivity index (χ1v) is 3.97. The van der Waals surface area contributed by atoms with Crippen molar-refractivity contribution in [2.45, 2.75) is 20.8 Å². The van der Waals surface area contributed by atoms with Crippen LogP contribution in [0.4, 0.5) is 11.4 Å². The smallest absolute Gasteiger partial charge is 0.108 e. The molecule has 0 aromatic heterocycles. The third-order valence-corrected chi connectivity index (χ3v) is 1.30. The number of nitrogen functional groups attached to an aromatic ring is 1. The minimum atomic E-state index is 0.533. The molecule has 3 nitrogen and oxygen atoms in total. The molecule has 0 saturated carbocycles. The van der Waals surface area contributed by atoms with E-state index in [1.165, 1.54) is 0 Å². The Balaban J connectivity index is 0.000000561. The molecule has 3 N–H and O–H groups in total. The Hall–Kier alpha value is -1.38. The highest BCUT2D eigenvalue weighted by molar-refractivity contribution is 5.62. The van der Waals surface area contributed by atoms with Crippen LogP contribution in [0.2, 0.25) is 0 Å². The van der Waals surface area contributed by atoms with Crippen LogP contribution < -0.4 is 5.73 Å². The van der Waals surface area contributed by atoms with Crippen molar-refractivity contribution >= 4 is 11.4 Å². The molecule has 0 amide bonds. The summed E-state index contributed by atoms with van der Waals surface area (Å²) in [6.07, 6.45) is 0. The number of hydrogen-bond acceptors (Lipinski definition) is 3. The lowest BCUT2D eigenvalue weighted by Crippen LogP contribution is -1.85. The summed E-state index contributed by atoms with van der Waals surface area (Å²) >= 11 is 0. The maximum Gasteiger partial charge on any atom is 0.108 e. The van der Waals surface area contributed by atoms with Gasteiger partial charge >= 0.3 is 0 Å². The molecule has 0 aliphatic rings. The van der Waals surface area contributed by atoms with Gasteiger partial charge in [0.15, 0.2) is 0 Å². The average molecular weight is 165 g/mol. The van der Waals surface area contributed by atoms with Gasteiger partial charge in [-0.2, -0.15) is 5.11 Å². The second-order valence-electron chi connectivity index (χ2n) is 2.17. The first-order chi connectivity index (χ1) is 5.74. The highest BCUT2D eigenvalue weighted by Crippen LogP contribution is 2.21. The molecule has 0 spiro atoms. The average Bonchev–Trinajstić information content (AvgIpc) is 2.08. The topological polar surface area (TPSA) is 62.2 Å². The van der Waals surface area contributed by atoms with Crippen LogP contribution in [-0.2, 0) is 0 Å². The lowest BCUT2D eigenvalue weighted by molar-refractivity contribution is 1.15. The first-order valence-electron chi connectivity index (χ1n) is 3.97. The molecule has 3 heteroatoms. The summed E-state index contributed by atoms with van der Waals surface area (Å²) in [6, 6.07) is 5.41. The molecule has 0 bridgehead atoms. The maximum absolute atomic E-state index is 6.70. The second-order valence-corrected chi connectivity index (χ2v) is 2.17. The first kappa shape index (κ1) is 10.6. The van der Waals surface area contributed by atoms with E-state index in [1.54, 1.807) is 12.1 Å². The predicted octanol–water partition coefficient (Wildman–Crippen LogP) is 3.27. The number of nitrogens with two attached hydrogens (primary N) is 1. The Labute approximate surface area is 73.1 Å². The number of hydrogen-bond donors (Lipinski definition) is 2. The Morgan fingerprint density at radius 2 is 1.92 bits per heavy atom. The molecule has 12 heavy (non-hydrogen) atoms. The van der Waals surface area contributed by atoms with E-state index in [1.807, 2.05) is 26.8 Å². The van der Waals surface area contributed by atoms with E-state index >= 15 is 0 Å². The maximum atomic E-state index is 6.70. The Morgan fingerprint density at radius 1 is 1.33 bits per heavy atom. The Morgan fingerprint density at radius 3 is 2.33 bits per heavy atom. The highest BCUT2D eigenvalue weighted by atomic mass is 15.0. The van der Waals surface area contributed by atoms with E-state index in [-0.39, 0.29) is 0 Å². The van der Waals surface area contributed by atoms with Crippen molar-refractivity contribution in [2.75, 3.05) is 5.73 Å². The largest absolute Gasteiger partial charge is 0.397 e. The van der Waals surface area contributed by atoms with Crippen molar-refractivity contribution in [3.8, 4) is 0 Å². The van der Waals surface area contributed by atoms with Crippen molar-refractivity contribution in [1.82, 2.24) is 0 Å². The van der Waals surface area contributed by atoms with Gasteiger partial charge in [-0.05, 0) is 24.6 Å². The minimum Gasteiger partial charge on any atom is -0.397 e. The molecule has 0 unspecified atom stereocenters. The summed E-state index contributed by atoms with van der Waals surface area (Å²) in [7, 11) is 0. The number of aryl methyl sites for hydroxylation is 1. The molecule has 1 rings (SSSR count). The van der Waals surface area contributed by atoms with Crippen molar-refractivity contribution in [3.05, 3.63) is 23.8 Å². The van der Waals surface area contributed by atoms with Crippen molar-refractivity contribution < 1.29 is 0 Å². The van der Waals surface area contributed by atoms with Crippen LogP contribution in [0.1, 0.15) is 19.4 Å². The predicted molar refractivity (Wildman–Crippen MR) is 51.7 cm³/mol. The summed E-state index contributed by atoms with van der Waals surface area (Å²) in [6.45, 7) is 5.95. The second kappa shape index (κ2) is 5.29. The normalized spacial score (nSPS) is 8.25. The van der Waals surface area contributed by atoms with Crippen LogP contribution in [0.3, 0.4) is 0 Å². The van der Waals surface area contributed by atoms with Gasteiger partial charge in [0.1, 0.15) is 5.69 Å². The fourth-order valence-electron chi connectivity index (χ4n) is 0.776. The summed E-state index contributed by atoms with van der Waals surface area (Å²) < 4.78 is 0. The molecule has 1 aromatic rings. The molecular formula is C9H15N3. The van der Waals surface area contributed by atoms with E-state index < -0.39 is 0 Å². The highest BCUT2D eigenvalue weighted by Gasteiger charge is 1.94. The number of nitrogens with zero attached hydrogens (tertiary/aromatic N) is 1. The molecule has 0 radical (unpaired) electrons. The zero-order valence-corrected chi connectivity index (χ0v) is 7.76. The van der Waals surface area contributed by atoms with Gasteiger partial charge in [0.25, 0.3) is 0 Å². The Kier molecular flexibility index (Phi) is 4.69. The molecule has 0 atom stereocenters. The number of rotatable bonds is 1. The number of nitrogens with one attached hydrogen (secondary N) is 1. The third-order valence-electron chi connectivity index (χ3n) is 1.30. The van der Waals surface area contributed by atoms with Gasteiger partial charge in [-0.15, -0.1) is 0 Å². The van der Waals surface area contributed by atoms with Gasteiger partial charge in [0, 0.05) is 0 Å². The van der Waals surface area contributed by atoms with Crippen LogP contribution >= 0.6 is 0 Å². The van der Waals surface area contributed by atoms with Crippen LogP contribution in [0.15, 0.2) is 23.3 Å². The van der Waals surface area contributed by atoms with E-state index in [0.717, 1.165) is 5.56 Å². The quantitative estimate of drug-likeness (QED) is 0.487. The van der Waals surface area contributed by atoms with Gasteiger partial charge in [-0.3, -0.25) is 0 Å². The lowest BCUT2D eigenvalue weighted by atomic mass is 10.2. The summed E-state index contributed by atoms with van der Waals surface area (Å²) in [4.78, 5) is 0. The molecule has 0 saturated heterocycles. The zero-order chi connectivity index (χ0) is 9.56. The SMILES string of the molecule is CC.Cc1ccc(N=N)c(N)c1. The summed E-state index contributed by atoms with van der Waals surface area (Å²) in [5, 5.41) is 3.24. The van der Waals surface area contributed by atoms with Crippen LogP contribution in [0, 0.1) is 12.5 Å². The minimum absolute atomic E-state index is 0.533. The van der Waals surface area contributed by atoms with E-state index in [0.29, 0.717) is 11.4 Å². The van der Waals surface area contributed by atoms with Gasteiger partial charge in [-0.1, -0.05) is 19.9 Å². The fourth-order valence-corrected chi connectivity index (χ4v) is 0.776. The molecule has 0 aliphatic heterocycles. The lowest BCUT2D eigenvalue weighted by Gasteiger charge is -1.97. The number of benzene rings is 1. The van der Waals surface area contributed by atoms with Gasteiger partial charge < -0.3 is 5.73 Å². The van der Waals surface area contributed by atoms with E-state index in [9.17, 15) is 0 Å².